The largest absolute Gasteiger partial charge is 0.344 e. The highest BCUT2D eigenvalue weighted by Crippen LogP contribution is 2.36. The van der Waals surface area contributed by atoms with Crippen LogP contribution >= 0.6 is 7.37 Å². The molecular formula is C6H13N2O2P. The molecule has 0 fully saturated rings. The molecule has 0 saturated heterocycles. The van der Waals surface area contributed by atoms with Crippen LogP contribution < -0.4 is 5.73 Å². The van der Waals surface area contributed by atoms with Gasteiger partial charge in [0.2, 0.25) is 0 Å². The number of hydrogen-bond acceptors (Lipinski definition) is 3. The van der Waals surface area contributed by atoms with Crippen molar-refractivity contribution >= 4 is 7.37 Å². The molecule has 64 valence electrons. The molecule has 0 aliphatic rings. The molecule has 3 N–H and O–H groups in total. The summed E-state index contributed by atoms with van der Waals surface area (Å²) in [5.41, 5.74) is 4.45. The molecule has 0 rings (SSSR count). The molecule has 2 atom stereocenters. The highest BCUT2D eigenvalue weighted by Gasteiger charge is 2.21. The van der Waals surface area contributed by atoms with Gasteiger partial charge in [-0.3, -0.25) is 4.57 Å². The van der Waals surface area contributed by atoms with Crippen molar-refractivity contribution in [3.8, 4) is 6.07 Å². The minimum Gasteiger partial charge on any atom is -0.344 e. The monoisotopic (exact) mass is 176 g/mol. The van der Waals surface area contributed by atoms with E-state index in [2.05, 4.69) is 0 Å². The van der Waals surface area contributed by atoms with Crippen molar-refractivity contribution in [1.82, 2.24) is 0 Å². The van der Waals surface area contributed by atoms with E-state index in [9.17, 15) is 4.57 Å². The molecule has 0 spiro atoms. The van der Waals surface area contributed by atoms with Gasteiger partial charge in [-0.1, -0.05) is 0 Å². The fourth-order valence-electron chi connectivity index (χ4n) is 0.496. The summed E-state index contributed by atoms with van der Waals surface area (Å²) in [5, 5.41) is 8.44. The van der Waals surface area contributed by atoms with E-state index >= 15 is 0 Å². The molecule has 0 aliphatic heterocycles. The normalized spacial score (nSPS) is 21.4. The van der Waals surface area contributed by atoms with Gasteiger partial charge in [0.25, 0.3) is 0 Å². The first-order chi connectivity index (χ1) is 4.77. The van der Waals surface area contributed by atoms with Gasteiger partial charge in [0.1, 0.15) is 5.54 Å². The molecule has 0 bridgehead atoms. The molecule has 0 heterocycles. The Labute approximate surface area is 66.5 Å². The van der Waals surface area contributed by atoms with Crippen LogP contribution in [0.4, 0.5) is 0 Å². The Balaban J connectivity index is 3.93. The summed E-state index contributed by atoms with van der Waals surface area (Å²) in [4.78, 5) is 8.87. The summed E-state index contributed by atoms with van der Waals surface area (Å²) < 4.78 is 10.8. The molecule has 0 aromatic rings. The van der Waals surface area contributed by atoms with Crippen LogP contribution in [0.1, 0.15) is 13.3 Å². The fourth-order valence-corrected chi connectivity index (χ4v) is 1.38. The lowest BCUT2D eigenvalue weighted by molar-refractivity contribution is 0.473. The Morgan fingerprint density at radius 2 is 2.27 bits per heavy atom. The number of hydrogen-bond donors (Lipinski definition) is 2. The zero-order valence-electron chi connectivity index (χ0n) is 6.74. The lowest BCUT2D eigenvalue weighted by Gasteiger charge is -2.15. The van der Waals surface area contributed by atoms with E-state index in [1.807, 2.05) is 6.07 Å². The molecular weight excluding hydrogens is 163 g/mol. The zero-order chi connectivity index (χ0) is 9.12. The second-order valence-electron chi connectivity index (χ2n) is 3.05. The fraction of sp³-hybridized carbons (Fsp3) is 0.833. The average molecular weight is 176 g/mol. The first-order valence-corrected chi connectivity index (χ1v) is 5.55. The summed E-state index contributed by atoms with van der Waals surface area (Å²) in [6.45, 7) is 2.81. The van der Waals surface area contributed by atoms with Crippen LogP contribution in [0.15, 0.2) is 0 Å². The minimum absolute atomic E-state index is 0.105. The summed E-state index contributed by atoms with van der Waals surface area (Å²) in [5.74, 6) is 0. The van der Waals surface area contributed by atoms with Crippen molar-refractivity contribution in [2.24, 2.45) is 5.73 Å². The summed E-state index contributed by atoms with van der Waals surface area (Å²) >= 11 is 0. The quantitative estimate of drug-likeness (QED) is 0.613. The lowest BCUT2D eigenvalue weighted by atomic mass is 10.0. The van der Waals surface area contributed by atoms with Crippen LogP contribution in [0.5, 0.6) is 0 Å². The molecule has 5 heteroatoms. The molecule has 0 aromatic heterocycles. The average Bonchev–Trinajstić information content (AvgIpc) is 1.83. The van der Waals surface area contributed by atoms with Gasteiger partial charge in [-0.05, 0) is 13.3 Å². The third-order valence-electron chi connectivity index (χ3n) is 1.30. The van der Waals surface area contributed by atoms with Gasteiger partial charge >= 0.3 is 0 Å². The molecule has 0 amide bonds. The van der Waals surface area contributed by atoms with Gasteiger partial charge in [-0.15, -0.1) is 0 Å². The van der Waals surface area contributed by atoms with E-state index in [1.165, 1.54) is 6.66 Å². The Hall–Kier alpha value is -0.360. The third kappa shape index (κ3) is 6.05. The predicted molar refractivity (Wildman–Crippen MR) is 43.4 cm³/mol. The molecule has 11 heavy (non-hydrogen) atoms. The molecule has 2 unspecified atom stereocenters. The Morgan fingerprint density at radius 1 is 1.82 bits per heavy atom. The Morgan fingerprint density at radius 3 is 2.55 bits per heavy atom. The van der Waals surface area contributed by atoms with Crippen molar-refractivity contribution in [3.63, 3.8) is 0 Å². The van der Waals surface area contributed by atoms with Crippen LogP contribution in [0.25, 0.3) is 0 Å². The van der Waals surface area contributed by atoms with Gasteiger partial charge in [-0.2, -0.15) is 5.26 Å². The smallest absolute Gasteiger partial charge is 0.197 e. The second kappa shape index (κ2) is 3.36. The van der Waals surface area contributed by atoms with Crippen molar-refractivity contribution in [1.29, 1.82) is 5.26 Å². The Bertz CT molecular complexity index is 213. The number of rotatable bonds is 3. The Kier molecular flexibility index (Phi) is 3.25. The topological polar surface area (TPSA) is 87.1 Å². The van der Waals surface area contributed by atoms with Crippen LogP contribution in [0.2, 0.25) is 0 Å². The van der Waals surface area contributed by atoms with Gasteiger partial charge in [0.05, 0.1) is 6.07 Å². The maximum absolute atomic E-state index is 10.8. The van der Waals surface area contributed by atoms with E-state index in [1.54, 1.807) is 6.92 Å². The number of nitriles is 1. The van der Waals surface area contributed by atoms with E-state index in [-0.39, 0.29) is 12.6 Å². The van der Waals surface area contributed by atoms with Gasteiger partial charge in [0.15, 0.2) is 7.37 Å². The van der Waals surface area contributed by atoms with Crippen LogP contribution in [-0.4, -0.2) is 23.3 Å². The van der Waals surface area contributed by atoms with Crippen LogP contribution in [0.3, 0.4) is 0 Å². The first kappa shape index (κ1) is 10.6. The number of nitrogens with two attached hydrogens (primary N) is 1. The van der Waals surface area contributed by atoms with Crippen LogP contribution in [-0.2, 0) is 4.57 Å². The zero-order valence-corrected chi connectivity index (χ0v) is 7.64. The van der Waals surface area contributed by atoms with E-state index in [0.717, 1.165) is 0 Å². The number of nitrogens with zero attached hydrogens (tertiary/aromatic N) is 1. The highest BCUT2D eigenvalue weighted by molar-refractivity contribution is 7.57. The van der Waals surface area contributed by atoms with Gasteiger partial charge in [-0.25, -0.2) is 0 Å². The SMILES string of the molecule is CC(N)(C#N)CCP(C)(=O)O. The van der Waals surface area contributed by atoms with Crippen molar-refractivity contribution in [2.45, 2.75) is 18.9 Å². The molecule has 0 radical (unpaired) electrons. The second-order valence-corrected chi connectivity index (χ2v) is 5.60. The van der Waals surface area contributed by atoms with Gasteiger partial charge < -0.3 is 10.6 Å². The van der Waals surface area contributed by atoms with Gasteiger partial charge in [0, 0.05) is 12.8 Å². The first-order valence-electron chi connectivity index (χ1n) is 3.26. The van der Waals surface area contributed by atoms with Crippen molar-refractivity contribution < 1.29 is 9.46 Å². The molecule has 4 nitrogen and oxygen atoms in total. The minimum atomic E-state index is -3.01. The predicted octanol–water partition coefficient (Wildman–Crippen LogP) is 0.518. The molecule has 0 aromatic carbocycles. The van der Waals surface area contributed by atoms with Crippen molar-refractivity contribution in [3.05, 3.63) is 0 Å². The summed E-state index contributed by atoms with van der Waals surface area (Å²) in [6.07, 6.45) is 0.362. The highest BCUT2D eigenvalue weighted by atomic mass is 31.2. The maximum Gasteiger partial charge on any atom is 0.197 e. The van der Waals surface area contributed by atoms with E-state index in [0.29, 0.717) is 0 Å². The lowest BCUT2D eigenvalue weighted by Crippen LogP contribution is -2.34. The third-order valence-corrected chi connectivity index (χ3v) is 2.35. The summed E-state index contributed by atoms with van der Waals surface area (Å²) in [6, 6.07) is 1.86. The van der Waals surface area contributed by atoms with Crippen molar-refractivity contribution in [2.75, 3.05) is 12.8 Å². The maximum atomic E-state index is 10.8. The molecule has 0 saturated carbocycles. The summed E-state index contributed by atoms with van der Waals surface area (Å²) in [7, 11) is -3.01. The van der Waals surface area contributed by atoms with E-state index in [4.69, 9.17) is 15.9 Å². The molecule has 0 aliphatic carbocycles. The van der Waals surface area contributed by atoms with E-state index < -0.39 is 12.9 Å². The standard InChI is InChI=1S/C6H13N2O2P/c1-6(8,5-7)3-4-11(2,9)10/h3-4,8H2,1-2H3,(H,9,10). The van der Waals surface area contributed by atoms with Crippen LogP contribution in [0, 0.1) is 11.3 Å².